The molecule has 0 radical (unpaired) electrons. The Morgan fingerprint density at radius 3 is 2.59 bits per heavy atom. The molecule has 0 atom stereocenters. The van der Waals surface area contributed by atoms with Crippen molar-refractivity contribution < 1.29 is 9.90 Å². The third kappa shape index (κ3) is 2.79. The highest BCUT2D eigenvalue weighted by molar-refractivity contribution is 6.30. The maximum atomic E-state index is 10.6. The van der Waals surface area contributed by atoms with Gasteiger partial charge in [0.05, 0.1) is 6.42 Å². The van der Waals surface area contributed by atoms with Gasteiger partial charge < -0.3 is 5.11 Å². The summed E-state index contributed by atoms with van der Waals surface area (Å²) >= 11 is 5.91. The number of hydrogen-bond donors (Lipinski definition) is 1. The van der Waals surface area contributed by atoms with Crippen LogP contribution in [-0.2, 0) is 11.2 Å². The lowest BCUT2D eigenvalue weighted by Gasteiger charge is -2.03. The summed E-state index contributed by atoms with van der Waals surface area (Å²) in [5.41, 5.74) is 1.26. The Morgan fingerprint density at radius 2 is 2.00 bits per heavy atom. The molecule has 0 fully saturated rings. The van der Waals surface area contributed by atoms with E-state index in [1.165, 1.54) is 6.20 Å². The second-order valence-corrected chi connectivity index (χ2v) is 3.80. The number of carboxylic acid groups (broad SMARTS) is 1. The summed E-state index contributed by atoms with van der Waals surface area (Å²) in [4.78, 5) is 18.8. The lowest BCUT2D eigenvalue weighted by atomic mass is 10.2. The number of benzene rings is 1. The lowest BCUT2D eigenvalue weighted by Crippen LogP contribution is -2.03. The van der Waals surface area contributed by atoms with Gasteiger partial charge in [-0.3, -0.25) is 4.79 Å². The predicted octanol–water partition coefficient (Wildman–Crippen LogP) is 2.42. The van der Waals surface area contributed by atoms with Crippen molar-refractivity contribution in [3.05, 3.63) is 47.2 Å². The van der Waals surface area contributed by atoms with Crippen LogP contribution < -0.4 is 0 Å². The molecule has 0 aliphatic heterocycles. The van der Waals surface area contributed by atoms with Gasteiger partial charge in [0.1, 0.15) is 5.15 Å². The monoisotopic (exact) mass is 248 g/mol. The lowest BCUT2D eigenvalue weighted by molar-refractivity contribution is -0.136. The number of carboxylic acids is 1. The van der Waals surface area contributed by atoms with Gasteiger partial charge in [-0.15, -0.1) is 0 Å². The number of carbonyl (C=O) groups is 1. The number of rotatable bonds is 3. The quantitative estimate of drug-likeness (QED) is 0.848. The maximum absolute atomic E-state index is 10.6. The molecule has 17 heavy (non-hydrogen) atoms. The molecule has 5 heteroatoms. The van der Waals surface area contributed by atoms with Crippen LogP contribution in [0.25, 0.3) is 11.4 Å². The summed E-state index contributed by atoms with van der Waals surface area (Å²) in [5.74, 6) is -0.465. The van der Waals surface area contributed by atoms with Gasteiger partial charge >= 0.3 is 5.97 Å². The van der Waals surface area contributed by atoms with Crippen LogP contribution >= 0.6 is 11.6 Å². The fraction of sp³-hybridized carbons (Fsp3) is 0.0833. The molecule has 2 aromatic rings. The van der Waals surface area contributed by atoms with E-state index in [4.69, 9.17) is 16.7 Å². The van der Waals surface area contributed by atoms with E-state index in [9.17, 15) is 4.79 Å². The summed E-state index contributed by atoms with van der Waals surface area (Å²) in [6.07, 6.45) is 1.28. The van der Waals surface area contributed by atoms with Crippen LogP contribution in [0, 0.1) is 0 Å². The number of aliphatic carboxylic acids is 1. The number of hydrogen-bond acceptors (Lipinski definition) is 3. The van der Waals surface area contributed by atoms with Gasteiger partial charge in [0, 0.05) is 17.3 Å². The van der Waals surface area contributed by atoms with Gasteiger partial charge in [-0.05, 0) is 0 Å². The fourth-order valence-electron chi connectivity index (χ4n) is 1.39. The Morgan fingerprint density at radius 1 is 1.29 bits per heavy atom. The van der Waals surface area contributed by atoms with Crippen molar-refractivity contribution in [2.24, 2.45) is 0 Å². The molecule has 1 aromatic carbocycles. The van der Waals surface area contributed by atoms with Gasteiger partial charge in [0.2, 0.25) is 0 Å². The minimum Gasteiger partial charge on any atom is -0.481 e. The number of halogens is 1. The van der Waals surface area contributed by atoms with Crippen molar-refractivity contribution in [1.29, 1.82) is 0 Å². The highest BCUT2D eigenvalue weighted by Crippen LogP contribution is 2.19. The molecule has 0 unspecified atom stereocenters. The summed E-state index contributed by atoms with van der Waals surface area (Å²) in [6, 6.07) is 9.37. The van der Waals surface area contributed by atoms with E-state index in [2.05, 4.69) is 9.97 Å². The van der Waals surface area contributed by atoms with Crippen molar-refractivity contribution in [2.45, 2.75) is 6.42 Å². The molecule has 0 amide bonds. The molecule has 4 nitrogen and oxygen atoms in total. The van der Waals surface area contributed by atoms with Crippen LogP contribution in [0.1, 0.15) is 5.56 Å². The van der Waals surface area contributed by atoms with Crippen molar-refractivity contribution in [3.8, 4) is 11.4 Å². The van der Waals surface area contributed by atoms with Crippen LogP contribution in [0.4, 0.5) is 0 Å². The third-order valence-corrected chi connectivity index (χ3v) is 2.51. The van der Waals surface area contributed by atoms with Crippen LogP contribution in [-0.4, -0.2) is 21.0 Å². The average molecular weight is 249 g/mol. The molecule has 1 N–H and O–H groups in total. The normalized spacial score (nSPS) is 10.2. The third-order valence-electron chi connectivity index (χ3n) is 2.19. The van der Waals surface area contributed by atoms with Crippen LogP contribution in [0.3, 0.4) is 0 Å². The van der Waals surface area contributed by atoms with E-state index in [0.29, 0.717) is 11.4 Å². The molecule has 86 valence electrons. The van der Waals surface area contributed by atoms with Gasteiger partial charge in [0.15, 0.2) is 5.82 Å². The molecule has 1 aromatic heterocycles. The first kappa shape index (κ1) is 11.5. The average Bonchev–Trinajstić information content (AvgIpc) is 2.32. The zero-order chi connectivity index (χ0) is 12.3. The van der Waals surface area contributed by atoms with Crippen LogP contribution in [0.5, 0.6) is 0 Å². The molecule has 0 saturated carbocycles. The first-order chi connectivity index (χ1) is 8.16. The highest BCUT2D eigenvalue weighted by Gasteiger charge is 2.09. The van der Waals surface area contributed by atoms with Gasteiger partial charge in [0.25, 0.3) is 0 Å². The molecular weight excluding hydrogens is 240 g/mol. The summed E-state index contributed by atoms with van der Waals surface area (Å²) in [7, 11) is 0. The molecule has 2 rings (SSSR count). The topological polar surface area (TPSA) is 63.1 Å². The van der Waals surface area contributed by atoms with Crippen LogP contribution in [0.15, 0.2) is 36.5 Å². The standard InChI is InChI=1S/C12H9ClN2O2/c13-11-9(6-10(16)17)7-14-12(15-11)8-4-2-1-3-5-8/h1-5,7H,6H2,(H,16,17). The first-order valence-electron chi connectivity index (χ1n) is 4.95. The largest absolute Gasteiger partial charge is 0.481 e. The van der Waals surface area contributed by atoms with Crippen molar-refractivity contribution in [3.63, 3.8) is 0 Å². The second-order valence-electron chi connectivity index (χ2n) is 3.45. The predicted molar refractivity (Wildman–Crippen MR) is 63.8 cm³/mol. The molecule has 0 spiro atoms. The molecule has 1 heterocycles. The Hall–Kier alpha value is -1.94. The van der Waals surface area contributed by atoms with E-state index in [0.717, 1.165) is 5.56 Å². The van der Waals surface area contributed by atoms with Crippen molar-refractivity contribution in [1.82, 2.24) is 9.97 Å². The minimum atomic E-state index is -0.956. The minimum absolute atomic E-state index is 0.173. The zero-order valence-electron chi connectivity index (χ0n) is 8.80. The van der Waals surface area contributed by atoms with Crippen molar-refractivity contribution >= 4 is 17.6 Å². The highest BCUT2D eigenvalue weighted by atomic mass is 35.5. The SMILES string of the molecule is O=C(O)Cc1cnc(-c2ccccc2)nc1Cl. The Bertz CT molecular complexity index is 543. The maximum Gasteiger partial charge on any atom is 0.307 e. The Labute approximate surface area is 103 Å². The van der Waals surface area contributed by atoms with E-state index < -0.39 is 5.97 Å². The van der Waals surface area contributed by atoms with Crippen LogP contribution in [0.2, 0.25) is 5.15 Å². The molecular formula is C12H9ClN2O2. The molecule has 0 saturated heterocycles. The summed E-state index contributed by atoms with van der Waals surface area (Å²) in [6.45, 7) is 0. The number of aromatic nitrogens is 2. The Kier molecular flexibility index (Phi) is 3.35. The molecule has 0 aliphatic rings. The van der Waals surface area contributed by atoms with E-state index in [1.54, 1.807) is 0 Å². The summed E-state index contributed by atoms with van der Waals surface area (Å²) in [5, 5.41) is 8.85. The van der Waals surface area contributed by atoms with Crippen molar-refractivity contribution in [2.75, 3.05) is 0 Å². The first-order valence-corrected chi connectivity index (χ1v) is 5.33. The number of nitrogens with zero attached hydrogens (tertiary/aromatic N) is 2. The van der Waals surface area contributed by atoms with Gasteiger partial charge in [-0.25, -0.2) is 9.97 Å². The van der Waals surface area contributed by atoms with E-state index in [1.807, 2.05) is 30.3 Å². The zero-order valence-corrected chi connectivity index (χ0v) is 9.55. The van der Waals surface area contributed by atoms with Gasteiger partial charge in [-0.1, -0.05) is 41.9 Å². The smallest absolute Gasteiger partial charge is 0.307 e. The second kappa shape index (κ2) is 4.93. The Balaban J connectivity index is 2.34. The van der Waals surface area contributed by atoms with Gasteiger partial charge in [-0.2, -0.15) is 0 Å². The fourth-order valence-corrected chi connectivity index (χ4v) is 1.59. The van der Waals surface area contributed by atoms with E-state index >= 15 is 0 Å². The van der Waals surface area contributed by atoms with E-state index in [-0.39, 0.29) is 11.6 Å². The summed E-state index contributed by atoms with van der Waals surface area (Å²) < 4.78 is 0. The molecule has 0 aliphatic carbocycles. The molecule has 0 bridgehead atoms.